The highest BCUT2D eigenvalue weighted by Gasteiger charge is 2.34. The molecule has 6 rings (SSSR count). The average Bonchev–Trinajstić information content (AvgIpc) is 3.41. The molecular formula is C31H25N7O2. The second-order valence-electron chi connectivity index (χ2n) is 9.25. The highest BCUT2D eigenvalue weighted by Crippen LogP contribution is 2.29. The van der Waals surface area contributed by atoms with Crippen LogP contribution in [0.3, 0.4) is 0 Å². The van der Waals surface area contributed by atoms with Crippen LogP contribution >= 0.6 is 0 Å². The molecule has 1 atom stereocenters. The Hall–Kier alpha value is -5.44. The number of carbonyl (C=O) groups is 2. The van der Waals surface area contributed by atoms with Crippen molar-refractivity contribution in [3.63, 3.8) is 0 Å². The average molecular weight is 528 g/mol. The number of para-hydroxylation sites is 2. The van der Waals surface area contributed by atoms with Crippen LogP contribution < -0.4 is 10.2 Å². The molecule has 1 N–H and O–H groups in total. The van der Waals surface area contributed by atoms with Gasteiger partial charge in [-0.1, -0.05) is 71.9 Å². The van der Waals surface area contributed by atoms with Crippen LogP contribution in [-0.4, -0.2) is 36.8 Å². The summed E-state index contributed by atoms with van der Waals surface area (Å²) < 4.78 is 1.54. The third kappa shape index (κ3) is 5.12. The van der Waals surface area contributed by atoms with Crippen molar-refractivity contribution in [2.45, 2.75) is 19.1 Å². The van der Waals surface area contributed by atoms with E-state index in [1.54, 1.807) is 30.6 Å². The third-order valence-corrected chi connectivity index (χ3v) is 6.61. The second-order valence-corrected chi connectivity index (χ2v) is 9.25. The Balaban J connectivity index is 1.43. The molecular weight excluding hydrogens is 502 g/mol. The summed E-state index contributed by atoms with van der Waals surface area (Å²) in [4.78, 5) is 38.6. The maximum atomic E-state index is 14.2. The molecule has 9 nitrogen and oxygen atoms in total. The number of hydrogen-bond donors (Lipinski definition) is 1. The molecule has 0 saturated carbocycles. The topological polar surface area (TPSA) is 106 Å². The molecule has 0 aliphatic heterocycles. The van der Waals surface area contributed by atoms with Crippen LogP contribution in [0.1, 0.15) is 17.3 Å². The van der Waals surface area contributed by atoms with E-state index in [4.69, 9.17) is 0 Å². The van der Waals surface area contributed by atoms with Crippen LogP contribution in [-0.2, 0) is 22.7 Å². The SMILES string of the molecule is O=C(NCc1ccccc1)[C@@H](c1ccccn1)N(C(=O)Cn1nnc2ccccc21)c1cnc2ccccc2c1. The first kappa shape index (κ1) is 24.9. The molecule has 3 heterocycles. The summed E-state index contributed by atoms with van der Waals surface area (Å²) in [5, 5.41) is 12.2. The number of amides is 2. The minimum absolute atomic E-state index is 0.136. The Bertz CT molecular complexity index is 1790. The van der Waals surface area contributed by atoms with Crippen LogP contribution in [0.4, 0.5) is 5.69 Å². The van der Waals surface area contributed by atoms with Crippen molar-refractivity contribution in [3.8, 4) is 0 Å². The molecule has 0 unspecified atom stereocenters. The molecule has 196 valence electrons. The molecule has 3 aromatic carbocycles. The lowest BCUT2D eigenvalue weighted by Gasteiger charge is -2.31. The van der Waals surface area contributed by atoms with Crippen molar-refractivity contribution < 1.29 is 9.59 Å². The summed E-state index contributed by atoms with van der Waals surface area (Å²) in [6.45, 7) is 0.164. The van der Waals surface area contributed by atoms with Gasteiger partial charge in [-0.05, 0) is 42.0 Å². The molecule has 0 aliphatic rings. The van der Waals surface area contributed by atoms with E-state index in [-0.39, 0.29) is 18.4 Å². The van der Waals surface area contributed by atoms with Crippen LogP contribution in [0, 0.1) is 0 Å². The summed E-state index contributed by atoms with van der Waals surface area (Å²) in [6, 6.07) is 30.8. The normalized spacial score (nSPS) is 11.8. The Labute approximate surface area is 230 Å². The quantitative estimate of drug-likeness (QED) is 0.313. The molecule has 6 aromatic rings. The van der Waals surface area contributed by atoms with E-state index in [0.29, 0.717) is 23.4 Å². The van der Waals surface area contributed by atoms with Gasteiger partial charge < -0.3 is 5.32 Å². The van der Waals surface area contributed by atoms with E-state index >= 15 is 0 Å². The smallest absolute Gasteiger partial charge is 0.249 e. The Kier molecular flexibility index (Phi) is 6.92. The fourth-order valence-electron chi connectivity index (χ4n) is 4.67. The molecule has 0 aliphatic carbocycles. The number of anilines is 1. The maximum Gasteiger partial charge on any atom is 0.249 e. The molecule has 2 amide bonds. The lowest BCUT2D eigenvalue weighted by Crippen LogP contribution is -2.45. The zero-order valence-corrected chi connectivity index (χ0v) is 21.5. The molecule has 0 saturated heterocycles. The van der Waals surface area contributed by atoms with Crippen LogP contribution in [0.5, 0.6) is 0 Å². The van der Waals surface area contributed by atoms with Crippen molar-refractivity contribution in [2.75, 3.05) is 4.90 Å². The largest absolute Gasteiger partial charge is 0.350 e. The predicted octanol–water partition coefficient (Wildman–Crippen LogP) is 4.47. The summed E-state index contributed by atoms with van der Waals surface area (Å²) >= 11 is 0. The van der Waals surface area contributed by atoms with Gasteiger partial charge in [-0.2, -0.15) is 0 Å². The van der Waals surface area contributed by atoms with Crippen LogP contribution in [0.15, 0.2) is 116 Å². The van der Waals surface area contributed by atoms with E-state index < -0.39 is 6.04 Å². The van der Waals surface area contributed by atoms with Gasteiger partial charge in [0, 0.05) is 18.1 Å². The molecule has 3 aromatic heterocycles. The third-order valence-electron chi connectivity index (χ3n) is 6.61. The first-order chi connectivity index (χ1) is 19.7. The Morgan fingerprint density at radius 2 is 1.57 bits per heavy atom. The second kappa shape index (κ2) is 11.1. The van der Waals surface area contributed by atoms with E-state index in [2.05, 4.69) is 25.6 Å². The molecule has 40 heavy (non-hydrogen) atoms. The van der Waals surface area contributed by atoms with E-state index in [0.717, 1.165) is 22.0 Å². The van der Waals surface area contributed by atoms with Crippen LogP contribution in [0.25, 0.3) is 21.9 Å². The Morgan fingerprint density at radius 1 is 0.825 bits per heavy atom. The van der Waals surface area contributed by atoms with Gasteiger partial charge in [0.1, 0.15) is 12.1 Å². The number of pyridine rings is 2. The van der Waals surface area contributed by atoms with Gasteiger partial charge in [0.25, 0.3) is 0 Å². The minimum atomic E-state index is -1.06. The first-order valence-electron chi connectivity index (χ1n) is 12.8. The number of hydrogen-bond acceptors (Lipinski definition) is 6. The monoisotopic (exact) mass is 527 g/mol. The highest BCUT2D eigenvalue weighted by molar-refractivity contribution is 6.02. The zero-order chi connectivity index (χ0) is 27.3. The van der Waals surface area contributed by atoms with Gasteiger partial charge in [0.05, 0.1) is 28.6 Å². The predicted molar refractivity (Wildman–Crippen MR) is 152 cm³/mol. The summed E-state index contributed by atoms with van der Waals surface area (Å²) in [7, 11) is 0. The van der Waals surface area contributed by atoms with Crippen molar-refractivity contribution in [1.82, 2.24) is 30.3 Å². The zero-order valence-electron chi connectivity index (χ0n) is 21.5. The number of fused-ring (bicyclic) bond motifs is 2. The molecule has 0 spiro atoms. The van der Waals surface area contributed by atoms with E-state index in [9.17, 15) is 9.59 Å². The van der Waals surface area contributed by atoms with Crippen molar-refractivity contribution in [1.29, 1.82) is 0 Å². The van der Waals surface area contributed by atoms with E-state index in [1.165, 1.54) is 9.58 Å². The highest BCUT2D eigenvalue weighted by atomic mass is 16.2. The fraction of sp³-hybridized carbons (Fsp3) is 0.0968. The lowest BCUT2D eigenvalue weighted by molar-refractivity contribution is -0.127. The summed E-state index contributed by atoms with van der Waals surface area (Å²) in [5.74, 6) is -0.731. The molecule has 0 bridgehead atoms. The lowest BCUT2D eigenvalue weighted by atomic mass is 10.1. The number of carbonyl (C=O) groups excluding carboxylic acids is 2. The molecule has 0 fully saturated rings. The van der Waals surface area contributed by atoms with Gasteiger partial charge in [0.2, 0.25) is 11.8 Å². The van der Waals surface area contributed by atoms with Crippen molar-refractivity contribution in [2.24, 2.45) is 0 Å². The van der Waals surface area contributed by atoms with Gasteiger partial charge in [-0.15, -0.1) is 5.10 Å². The number of rotatable bonds is 8. The van der Waals surface area contributed by atoms with Gasteiger partial charge >= 0.3 is 0 Å². The minimum Gasteiger partial charge on any atom is -0.350 e. The number of benzene rings is 3. The number of nitrogens with zero attached hydrogens (tertiary/aromatic N) is 6. The van der Waals surface area contributed by atoms with Gasteiger partial charge in [0.15, 0.2) is 6.04 Å². The first-order valence-corrected chi connectivity index (χ1v) is 12.8. The van der Waals surface area contributed by atoms with E-state index in [1.807, 2.05) is 84.9 Å². The fourth-order valence-corrected chi connectivity index (χ4v) is 4.67. The standard InChI is InChI=1S/C31H25N7O2/c39-29(21-37-28-16-7-6-14-26(28)35-36-37)38(24-18-23-12-4-5-13-25(23)33-20-24)30(27-15-8-9-17-32-27)31(40)34-19-22-10-2-1-3-11-22/h1-18,20,30H,19,21H2,(H,34,40)/t30-/m1/s1. The summed E-state index contributed by atoms with van der Waals surface area (Å²) in [5.41, 5.74) is 4.02. The number of aromatic nitrogens is 5. The van der Waals surface area contributed by atoms with Crippen molar-refractivity contribution in [3.05, 3.63) is 127 Å². The van der Waals surface area contributed by atoms with Gasteiger partial charge in [-0.25, -0.2) is 4.68 Å². The summed E-state index contributed by atoms with van der Waals surface area (Å²) in [6.07, 6.45) is 3.22. The van der Waals surface area contributed by atoms with Gasteiger partial charge in [-0.3, -0.25) is 24.5 Å². The van der Waals surface area contributed by atoms with Crippen molar-refractivity contribution >= 4 is 39.4 Å². The molecule has 0 radical (unpaired) electrons. The Morgan fingerprint density at radius 3 is 2.40 bits per heavy atom. The molecule has 9 heteroatoms. The van der Waals surface area contributed by atoms with Crippen LogP contribution in [0.2, 0.25) is 0 Å². The maximum absolute atomic E-state index is 14.2. The number of nitrogens with one attached hydrogen (secondary N) is 1.